The number of hydrogen-bond donors (Lipinski definition) is 1. The van der Waals surface area contributed by atoms with Crippen LogP contribution < -0.4 is 10.1 Å². The van der Waals surface area contributed by atoms with Gasteiger partial charge in [-0.3, -0.25) is 0 Å². The maximum Gasteiger partial charge on any atom is 0.137 e. The minimum atomic E-state index is 0.618. The molecule has 17 heavy (non-hydrogen) atoms. The Kier molecular flexibility index (Phi) is 2.67. The van der Waals surface area contributed by atoms with Gasteiger partial charge in [0.25, 0.3) is 0 Å². The highest BCUT2D eigenvalue weighted by molar-refractivity contribution is 5.39. The highest BCUT2D eigenvalue weighted by atomic mass is 16.5. The number of likely N-dealkylation sites (tertiary alicyclic amines) is 1. The van der Waals surface area contributed by atoms with E-state index in [1.54, 1.807) is 13.3 Å². The molecule has 0 amide bonds. The molecule has 2 unspecified atom stereocenters. The summed E-state index contributed by atoms with van der Waals surface area (Å²) in [5.74, 6) is 3.37. The molecule has 0 aromatic carbocycles. The first-order valence-corrected chi connectivity index (χ1v) is 6.21. The molecule has 2 fully saturated rings. The van der Waals surface area contributed by atoms with E-state index in [9.17, 15) is 0 Å². The van der Waals surface area contributed by atoms with Gasteiger partial charge in [0.1, 0.15) is 11.6 Å². The first kappa shape index (κ1) is 10.8. The molecular weight excluding hydrogens is 214 g/mol. The number of ether oxygens (including phenoxy) is 1. The Morgan fingerprint density at radius 2 is 2.12 bits per heavy atom. The molecule has 1 saturated heterocycles. The minimum Gasteiger partial charge on any atom is -0.495 e. The fourth-order valence-electron chi connectivity index (χ4n) is 3.12. The van der Waals surface area contributed by atoms with Gasteiger partial charge in [0.15, 0.2) is 0 Å². The maximum atomic E-state index is 5.11. The van der Waals surface area contributed by atoms with E-state index in [1.165, 1.54) is 19.5 Å². The minimum absolute atomic E-state index is 0.618. The number of nitrogens with zero attached hydrogens (tertiary/aromatic N) is 2. The summed E-state index contributed by atoms with van der Waals surface area (Å²) >= 11 is 0. The maximum absolute atomic E-state index is 5.11. The number of methoxy groups -OCH3 is 1. The Labute approximate surface area is 102 Å². The summed E-state index contributed by atoms with van der Waals surface area (Å²) in [4.78, 5) is 6.80. The number of rotatable bonds is 3. The van der Waals surface area contributed by atoms with Crippen molar-refractivity contribution in [3.63, 3.8) is 0 Å². The molecule has 2 atom stereocenters. The molecule has 3 rings (SSSR count). The van der Waals surface area contributed by atoms with Crippen molar-refractivity contribution >= 4 is 5.82 Å². The number of nitrogens with one attached hydrogen (secondary N) is 1. The van der Waals surface area contributed by atoms with Crippen LogP contribution in [0.1, 0.15) is 6.42 Å². The summed E-state index contributed by atoms with van der Waals surface area (Å²) in [6.45, 7) is 2.43. The van der Waals surface area contributed by atoms with Crippen LogP contribution in [0, 0.1) is 11.8 Å². The van der Waals surface area contributed by atoms with Crippen molar-refractivity contribution in [2.75, 3.05) is 32.6 Å². The normalized spacial score (nSPS) is 31.8. The van der Waals surface area contributed by atoms with Gasteiger partial charge in [-0.15, -0.1) is 0 Å². The van der Waals surface area contributed by atoms with E-state index >= 15 is 0 Å². The molecule has 0 spiro atoms. The molecule has 2 bridgehead atoms. The summed E-state index contributed by atoms with van der Waals surface area (Å²) in [5, 5.41) is 3.56. The van der Waals surface area contributed by atoms with Crippen molar-refractivity contribution in [3.05, 3.63) is 18.3 Å². The quantitative estimate of drug-likeness (QED) is 0.857. The Morgan fingerprint density at radius 1 is 1.35 bits per heavy atom. The van der Waals surface area contributed by atoms with E-state index in [4.69, 9.17) is 4.74 Å². The van der Waals surface area contributed by atoms with Gasteiger partial charge in [-0.1, -0.05) is 0 Å². The lowest BCUT2D eigenvalue weighted by molar-refractivity contribution is 0.0268. The topological polar surface area (TPSA) is 37.4 Å². The molecule has 92 valence electrons. The predicted octanol–water partition coefficient (Wildman–Crippen LogP) is 1.45. The van der Waals surface area contributed by atoms with E-state index < -0.39 is 0 Å². The van der Waals surface area contributed by atoms with E-state index in [2.05, 4.69) is 22.2 Å². The largest absolute Gasteiger partial charge is 0.495 e. The van der Waals surface area contributed by atoms with Gasteiger partial charge < -0.3 is 15.0 Å². The summed E-state index contributed by atoms with van der Waals surface area (Å²) in [6.07, 6.45) is 3.14. The highest BCUT2D eigenvalue weighted by Gasteiger charge is 2.45. The molecule has 1 aliphatic carbocycles. The van der Waals surface area contributed by atoms with Crippen LogP contribution in [0.15, 0.2) is 18.3 Å². The van der Waals surface area contributed by atoms with Gasteiger partial charge in [-0.2, -0.15) is 0 Å². The third kappa shape index (κ3) is 1.97. The number of piperidine rings is 2. The SMILES string of the molecule is COc1ccc(NC2C3CC2CN(C)C3)nc1. The third-order valence-corrected chi connectivity index (χ3v) is 4.00. The van der Waals surface area contributed by atoms with Crippen molar-refractivity contribution in [1.82, 2.24) is 9.88 Å². The Morgan fingerprint density at radius 3 is 2.71 bits per heavy atom. The van der Waals surface area contributed by atoms with Crippen molar-refractivity contribution < 1.29 is 4.74 Å². The summed E-state index contributed by atoms with van der Waals surface area (Å²) in [7, 11) is 3.87. The summed E-state index contributed by atoms with van der Waals surface area (Å²) in [6, 6.07) is 4.57. The second-order valence-electron chi connectivity index (χ2n) is 5.23. The highest BCUT2D eigenvalue weighted by Crippen LogP contribution is 2.41. The molecule has 2 aliphatic rings. The van der Waals surface area contributed by atoms with Gasteiger partial charge in [-0.25, -0.2) is 4.98 Å². The molecule has 1 saturated carbocycles. The molecule has 4 nitrogen and oxygen atoms in total. The number of pyridine rings is 1. The van der Waals surface area contributed by atoms with Gasteiger partial charge in [0, 0.05) is 19.1 Å². The molecule has 4 heteroatoms. The zero-order valence-electron chi connectivity index (χ0n) is 10.4. The van der Waals surface area contributed by atoms with Crippen LogP contribution in [-0.2, 0) is 0 Å². The summed E-state index contributed by atoms with van der Waals surface area (Å²) in [5.41, 5.74) is 0. The van der Waals surface area contributed by atoms with Crippen LogP contribution in [0.4, 0.5) is 5.82 Å². The Hall–Kier alpha value is -1.29. The van der Waals surface area contributed by atoms with Crippen LogP contribution in [0.5, 0.6) is 5.75 Å². The van der Waals surface area contributed by atoms with Gasteiger partial charge in [0.05, 0.1) is 13.3 Å². The lowest BCUT2D eigenvalue weighted by Crippen LogP contribution is -2.60. The monoisotopic (exact) mass is 233 g/mol. The summed E-state index contributed by atoms with van der Waals surface area (Å²) < 4.78 is 5.11. The molecule has 2 heterocycles. The van der Waals surface area contributed by atoms with Crippen LogP contribution >= 0.6 is 0 Å². The second kappa shape index (κ2) is 4.18. The molecule has 1 N–H and O–H groups in total. The smallest absolute Gasteiger partial charge is 0.137 e. The van der Waals surface area contributed by atoms with E-state index in [1.807, 2.05) is 12.1 Å². The van der Waals surface area contributed by atoms with Crippen LogP contribution in [0.3, 0.4) is 0 Å². The zero-order valence-corrected chi connectivity index (χ0v) is 10.4. The van der Waals surface area contributed by atoms with E-state index in [-0.39, 0.29) is 0 Å². The molecule has 1 aromatic rings. The van der Waals surface area contributed by atoms with Gasteiger partial charge in [0.2, 0.25) is 0 Å². The third-order valence-electron chi connectivity index (χ3n) is 4.00. The lowest BCUT2D eigenvalue weighted by Gasteiger charge is -2.53. The Bertz CT molecular complexity index is 380. The second-order valence-corrected chi connectivity index (χ2v) is 5.23. The van der Waals surface area contributed by atoms with Crippen molar-refractivity contribution in [3.8, 4) is 5.75 Å². The number of hydrogen-bond acceptors (Lipinski definition) is 4. The number of fused-ring (bicyclic) bond motifs is 2. The van der Waals surface area contributed by atoms with Crippen LogP contribution in [-0.4, -0.2) is 43.2 Å². The molecule has 1 aromatic heterocycles. The molecular formula is C13H19N3O. The standard InChI is InChI=1S/C13H19N3O/c1-16-7-9-5-10(8-16)13(9)15-12-4-3-11(17-2)6-14-12/h3-4,6,9-10,13H,5,7-8H2,1-2H3,(H,14,15). The van der Waals surface area contributed by atoms with E-state index in [0.29, 0.717) is 6.04 Å². The predicted molar refractivity (Wildman–Crippen MR) is 67.3 cm³/mol. The number of aromatic nitrogens is 1. The molecule has 1 aliphatic heterocycles. The average Bonchev–Trinajstić information content (AvgIpc) is 2.36. The first-order valence-electron chi connectivity index (χ1n) is 6.21. The van der Waals surface area contributed by atoms with Crippen molar-refractivity contribution in [2.24, 2.45) is 11.8 Å². The van der Waals surface area contributed by atoms with Gasteiger partial charge >= 0.3 is 0 Å². The lowest BCUT2D eigenvalue weighted by atomic mass is 9.66. The van der Waals surface area contributed by atoms with Crippen LogP contribution in [0.25, 0.3) is 0 Å². The van der Waals surface area contributed by atoms with E-state index in [0.717, 1.165) is 23.4 Å². The molecule has 0 radical (unpaired) electrons. The van der Waals surface area contributed by atoms with Gasteiger partial charge in [-0.05, 0) is 37.4 Å². The first-order chi connectivity index (χ1) is 8.26. The van der Waals surface area contributed by atoms with Crippen LogP contribution in [0.2, 0.25) is 0 Å². The number of anilines is 1. The average molecular weight is 233 g/mol. The van der Waals surface area contributed by atoms with Crippen molar-refractivity contribution in [1.29, 1.82) is 0 Å². The fraction of sp³-hybridized carbons (Fsp3) is 0.615. The Balaban J connectivity index is 1.64. The van der Waals surface area contributed by atoms with Crippen molar-refractivity contribution in [2.45, 2.75) is 12.5 Å². The zero-order chi connectivity index (χ0) is 11.8. The fourth-order valence-corrected chi connectivity index (χ4v) is 3.12.